The van der Waals surface area contributed by atoms with Gasteiger partial charge in [-0.05, 0) is 47.7 Å². The second-order valence-electron chi connectivity index (χ2n) is 6.05. The van der Waals surface area contributed by atoms with Gasteiger partial charge in [0.2, 0.25) is 0 Å². The highest BCUT2D eigenvalue weighted by Crippen LogP contribution is 2.29. The molecule has 0 unspecified atom stereocenters. The largest absolute Gasteiger partial charge is 0.466 e. The molecule has 0 N–H and O–H groups in total. The van der Waals surface area contributed by atoms with E-state index in [0.29, 0.717) is 12.1 Å². The van der Waals surface area contributed by atoms with Crippen molar-refractivity contribution >= 4 is 34.6 Å². The molecule has 0 bridgehead atoms. The molecular formula is C20H20IN3O2. The van der Waals surface area contributed by atoms with Crippen molar-refractivity contribution in [2.45, 2.75) is 13.5 Å². The number of nitrogens with zero attached hydrogens (tertiary/aromatic N) is 3. The van der Waals surface area contributed by atoms with Crippen LogP contribution in [0.2, 0.25) is 0 Å². The van der Waals surface area contributed by atoms with E-state index in [2.05, 4.69) is 58.9 Å². The molecule has 0 amide bonds. The van der Waals surface area contributed by atoms with Gasteiger partial charge in [-0.1, -0.05) is 29.8 Å². The Balaban J connectivity index is 2.01. The van der Waals surface area contributed by atoms with E-state index >= 15 is 0 Å². The molecule has 1 aromatic carbocycles. The highest BCUT2D eigenvalue weighted by atomic mass is 127. The van der Waals surface area contributed by atoms with Crippen LogP contribution >= 0.6 is 22.6 Å². The second kappa shape index (κ2) is 7.90. The molecule has 6 heteroatoms. The van der Waals surface area contributed by atoms with Crippen LogP contribution in [-0.4, -0.2) is 27.4 Å². The molecule has 0 saturated carbocycles. The van der Waals surface area contributed by atoms with Crippen molar-refractivity contribution in [1.82, 2.24) is 14.3 Å². The summed E-state index contributed by atoms with van der Waals surface area (Å²) < 4.78 is 9.73. The molecule has 0 aliphatic rings. The van der Waals surface area contributed by atoms with Crippen LogP contribution in [0.5, 0.6) is 0 Å². The number of aryl methyl sites for hydroxylation is 2. The molecule has 26 heavy (non-hydrogen) atoms. The zero-order chi connectivity index (χ0) is 18.7. The minimum absolute atomic E-state index is 0.350. The number of ether oxygens (including phenoxy) is 1. The van der Waals surface area contributed by atoms with Crippen molar-refractivity contribution in [3.63, 3.8) is 0 Å². The predicted octanol–water partition coefficient (Wildman–Crippen LogP) is 4.06. The predicted molar refractivity (Wildman–Crippen MR) is 111 cm³/mol. The van der Waals surface area contributed by atoms with E-state index in [1.54, 1.807) is 0 Å². The van der Waals surface area contributed by atoms with E-state index < -0.39 is 0 Å². The SMILES string of the molecule is COC(=O)/C(=C/c1nn(C)c(-c2ccc(C)cc2)c1I)Cn1cccc1. The summed E-state index contributed by atoms with van der Waals surface area (Å²) in [5, 5.41) is 4.61. The molecule has 5 nitrogen and oxygen atoms in total. The number of hydrogen-bond donors (Lipinski definition) is 0. The third-order valence-corrected chi connectivity index (χ3v) is 5.18. The van der Waals surface area contributed by atoms with E-state index in [4.69, 9.17) is 4.74 Å². The fraction of sp³-hybridized carbons (Fsp3) is 0.200. The first-order chi connectivity index (χ1) is 12.5. The number of halogens is 1. The first kappa shape index (κ1) is 18.4. The maximum atomic E-state index is 12.2. The molecule has 0 fully saturated rings. The molecular weight excluding hydrogens is 441 g/mol. The zero-order valence-electron chi connectivity index (χ0n) is 14.9. The molecule has 3 rings (SSSR count). The smallest absolute Gasteiger partial charge is 0.335 e. The molecule has 0 atom stereocenters. The highest BCUT2D eigenvalue weighted by molar-refractivity contribution is 14.1. The van der Waals surface area contributed by atoms with Gasteiger partial charge in [-0.25, -0.2) is 4.79 Å². The van der Waals surface area contributed by atoms with E-state index in [-0.39, 0.29) is 5.97 Å². The van der Waals surface area contributed by atoms with E-state index in [0.717, 1.165) is 20.5 Å². The number of rotatable bonds is 5. The summed E-state index contributed by atoms with van der Waals surface area (Å²) in [4.78, 5) is 12.2. The maximum absolute atomic E-state index is 12.2. The van der Waals surface area contributed by atoms with Crippen molar-refractivity contribution in [2.75, 3.05) is 7.11 Å². The van der Waals surface area contributed by atoms with E-state index in [1.165, 1.54) is 12.7 Å². The van der Waals surface area contributed by atoms with Crippen molar-refractivity contribution in [2.24, 2.45) is 7.05 Å². The summed E-state index contributed by atoms with van der Waals surface area (Å²) in [6, 6.07) is 12.2. The van der Waals surface area contributed by atoms with Gasteiger partial charge in [0.05, 0.1) is 34.2 Å². The molecule has 3 aromatic rings. The molecule has 0 aliphatic heterocycles. The summed E-state index contributed by atoms with van der Waals surface area (Å²) in [5.41, 5.74) is 4.65. The quantitative estimate of drug-likeness (QED) is 0.327. The number of hydrogen-bond acceptors (Lipinski definition) is 3. The Hall–Kier alpha value is -2.35. The third kappa shape index (κ3) is 3.90. The summed E-state index contributed by atoms with van der Waals surface area (Å²) in [6.07, 6.45) is 5.64. The van der Waals surface area contributed by atoms with Gasteiger partial charge in [-0.2, -0.15) is 5.10 Å². The Kier molecular flexibility index (Phi) is 5.61. The van der Waals surface area contributed by atoms with Crippen LogP contribution in [0.25, 0.3) is 17.3 Å². The molecule has 2 heterocycles. The normalized spacial score (nSPS) is 11.6. The average Bonchev–Trinajstić information content (AvgIpc) is 3.23. The summed E-state index contributed by atoms with van der Waals surface area (Å²) in [7, 11) is 3.31. The van der Waals surface area contributed by atoms with Crippen LogP contribution in [-0.2, 0) is 23.1 Å². The van der Waals surface area contributed by atoms with Crippen LogP contribution in [0.3, 0.4) is 0 Å². The lowest BCUT2D eigenvalue weighted by atomic mass is 10.1. The Bertz CT molecular complexity index is 938. The molecule has 0 aliphatic carbocycles. The van der Waals surface area contributed by atoms with Gasteiger partial charge in [-0.3, -0.25) is 4.68 Å². The molecule has 2 aromatic heterocycles. The fourth-order valence-corrected chi connectivity index (χ4v) is 3.70. The van der Waals surface area contributed by atoms with Gasteiger partial charge in [-0.15, -0.1) is 0 Å². The summed E-state index contributed by atoms with van der Waals surface area (Å²) in [5.74, 6) is -0.350. The lowest BCUT2D eigenvalue weighted by Gasteiger charge is -2.06. The number of aromatic nitrogens is 3. The highest BCUT2D eigenvalue weighted by Gasteiger charge is 2.17. The third-order valence-electron chi connectivity index (χ3n) is 4.12. The van der Waals surface area contributed by atoms with Crippen molar-refractivity contribution in [3.8, 4) is 11.3 Å². The lowest BCUT2D eigenvalue weighted by Crippen LogP contribution is -2.10. The number of carbonyl (C=O) groups excluding carboxylic acids is 1. The van der Waals surface area contributed by atoms with Crippen molar-refractivity contribution in [3.05, 3.63) is 69.2 Å². The zero-order valence-corrected chi connectivity index (χ0v) is 17.1. The van der Waals surface area contributed by atoms with Gasteiger partial charge in [0.15, 0.2) is 0 Å². The summed E-state index contributed by atoms with van der Waals surface area (Å²) >= 11 is 2.29. The molecule has 0 radical (unpaired) electrons. The lowest BCUT2D eigenvalue weighted by molar-refractivity contribution is -0.136. The van der Waals surface area contributed by atoms with Crippen molar-refractivity contribution < 1.29 is 9.53 Å². The van der Waals surface area contributed by atoms with Gasteiger partial charge in [0.25, 0.3) is 0 Å². The van der Waals surface area contributed by atoms with Gasteiger partial charge < -0.3 is 9.30 Å². The van der Waals surface area contributed by atoms with Gasteiger partial charge in [0, 0.05) is 25.0 Å². The van der Waals surface area contributed by atoms with Gasteiger partial charge in [0.1, 0.15) is 0 Å². The number of esters is 1. The van der Waals surface area contributed by atoms with Crippen LogP contribution in [0, 0.1) is 10.5 Å². The first-order valence-corrected chi connectivity index (χ1v) is 9.26. The number of methoxy groups -OCH3 is 1. The number of carbonyl (C=O) groups is 1. The first-order valence-electron chi connectivity index (χ1n) is 8.18. The van der Waals surface area contributed by atoms with Crippen LogP contribution in [0.1, 0.15) is 11.3 Å². The topological polar surface area (TPSA) is 49.0 Å². The maximum Gasteiger partial charge on any atom is 0.335 e. The standard InChI is InChI=1S/C20H20IN3O2/c1-14-6-8-15(9-7-14)19-18(21)17(22-23(19)2)12-16(20(25)26-3)13-24-10-4-5-11-24/h4-12H,13H2,1-3H3/b16-12+. The number of benzene rings is 1. The second-order valence-corrected chi connectivity index (χ2v) is 7.13. The van der Waals surface area contributed by atoms with E-state index in [9.17, 15) is 4.79 Å². The molecule has 0 saturated heterocycles. The Morgan fingerprint density at radius 1 is 1.23 bits per heavy atom. The van der Waals surface area contributed by atoms with Crippen LogP contribution < -0.4 is 0 Å². The Morgan fingerprint density at radius 2 is 1.88 bits per heavy atom. The monoisotopic (exact) mass is 461 g/mol. The Labute approximate surface area is 166 Å². The molecule has 0 spiro atoms. The Morgan fingerprint density at radius 3 is 2.50 bits per heavy atom. The van der Waals surface area contributed by atoms with Gasteiger partial charge >= 0.3 is 5.97 Å². The van der Waals surface area contributed by atoms with Crippen molar-refractivity contribution in [1.29, 1.82) is 0 Å². The minimum Gasteiger partial charge on any atom is -0.466 e. The minimum atomic E-state index is -0.350. The summed E-state index contributed by atoms with van der Waals surface area (Å²) in [6.45, 7) is 2.50. The fourth-order valence-electron chi connectivity index (χ4n) is 2.77. The molecule has 134 valence electrons. The van der Waals surface area contributed by atoms with Crippen LogP contribution in [0.4, 0.5) is 0 Å². The van der Waals surface area contributed by atoms with E-state index in [1.807, 2.05) is 46.9 Å². The average molecular weight is 461 g/mol. The van der Waals surface area contributed by atoms with Crippen LogP contribution in [0.15, 0.2) is 54.4 Å².